The Kier molecular flexibility index (Phi) is 8.12. The minimum atomic E-state index is -0.529. The van der Waals surface area contributed by atoms with Crippen LogP contribution in [0.1, 0.15) is 26.1 Å². The van der Waals surface area contributed by atoms with Gasteiger partial charge in [0.1, 0.15) is 12.4 Å². The molecule has 1 aromatic heterocycles. The molecule has 1 aromatic carbocycles. The number of nitrogens with one attached hydrogen (secondary N) is 2. The third-order valence-electron chi connectivity index (χ3n) is 3.65. The van der Waals surface area contributed by atoms with E-state index in [0.717, 1.165) is 18.7 Å². The van der Waals surface area contributed by atoms with Crippen LogP contribution in [0.3, 0.4) is 0 Å². The lowest BCUT2D eigenvalue weighted by molar-refractivity contribution is -0.117. The van der Waals surface area contributed by atoms with Crippen LogP contribution in [-0.2, 0) is 17.9 Å². The van der Waals surface area contributed by atoms with Crippen LogP contribution in [0.25, 0.3) is 0 Å². The summed E-state index contributed by atoms with van der Waals surface area (Å²) in [6.07, 6.45) is 0.953. The molecule has 0 fully saturated rings. The smallest absolute Gasteiger partial charge is 0.321 e. The van der Waals surface area contributed by atoms with Crippen molar-refractivity contribution in [3.63, 3.8) is 0 Å². The molecule has 27 heavy (non-hydrogen) atoms. The van der Waals surface area contributed by atoms with Crippen LogP contribution in [-0.4, -0.2) is 39.5 Å². The van der Waals surface area contributed by atoms with E-state index in [1.165, 1.54) is 18.8 Å². The van der Waals surface area contributed by atoms with Crippen molar-refractivity contribution >= 4 is 23.7 Å². The number of hydrogen-bond acceptors (Lipinski definition) is 6. The Labute approximate surface area is 163 Å². The van der Waals surface area contributed by atoms with Crippen molar-refractivity contribution in [2.24, 2.45) is 5.92 Å². The SMILES string of the molecule is CNC(=O)NC(=O)CSc1nnc(COc2ccccc2)n1CCC(C)C. The number of para-hydroxylation sites is 1. The molecule has 0 saturated carbocycles. The van der Waals surface area contributed by atoms with Gasteiger partial charge >= 0.3 is 6.03 Å². The molecule has 2 rings (SSSR count). The summed E-state index contributed by atoms with van der Waals surface area (Å²) in [6.45, 7) is 5.32. The van der Waals surface area contributed by atoms with Crippen molar-refractivity contribution in [3.05, 3.63) is 36.2 Å². The Morgan fingerprint density at radius 1 is 1.22 bits per heavy atom. The van der Waals surface area contributed by atoms with Gasteiger partial charge in [-0.05, 0) is 24.5 Å². The highest BCUT2D eigenvalue weighted by Crippen LogP contribution is 2.20. The van der Waals surface area contributed by atoms with E-state index in [1.807, 2.05) is 34.9 Å². The monoisotopic (exact) mass is 391 g/mol. The highest BCUT2D eigenvalue weighted by molar-refractivity contribution is 7.99. The second kappa shape index (κ2) is 10.6. The van der Waals surface area contributed by atoms with Gasteiger partial charge in [-0.3, -0.25) is 10.1 Å². The first-order valence-corrected chi connectivity index (χ1v) is 9.72. The second-order valence-electron chi connectivity index (χ2n) is 6.25. The third kappa shape index (κ3) is 6.93. The van der Waals surface area contributed by atoms with Gasteiger partial charge in [-0.25, -0.2) is 4.79 Å². The molecular formula is C18H25N5O3S. The summed E-state index contributed by atoms with van der Waals surface area (Å²) in [4.78, 5) is 23.0. The fraction of sp³-hybridized carbons (Fsp3) is 0.444. The molecule has 8 nitrogen and oxygen atoms in total. The normalized spacial score (nSPS) is 10.7. The van der Waals surface area contributed by atoms with Crippen LogP contribution in [0, 0.1) is 5.92 Å². The molecule has 0 aliphatic heterocycles. The molecule has 0 saturated heterocycles. The number of urea groups is 1. The number of rotatable bonds is 9. The van der Waals surface area contributed by atoms with Crippen LogP contribution in [0.2, 0.25) is 0 Å². The number of hydrogen-bond donors (Lipinski definition) is 2. The maximum absolute atomic E-state index is 11.8. The van der Waals surface area contributed by atoms with E-state index in [4.69, 9.17) is 4.74 Å². The van der Waals surface area contributed by atoms with E-state index in [2.05, 4.69) is 34.7 Å². The average Bonchev–Trinajstić information content (AvgIpc) is 3.05. The molecule has 0 unspecified atom stereocenters. The highest BCUT2D eigenvalue weighted by atomic mass is 32.2. The Balaban J connectivity index is 2.03. The highest BCUT2D eigenvalue weighted by Gasteiger charge is 2.16. The fourth-order valence-corrected chi connectivity index (χ4v) is 2.95. The molecule has 0 spiro atoms. The minimum Gasteiger partial charge on any atom is -0.486 e. The Morgan fingerprint density at radius 2 is 1.96 bits per heavy atom. The summed E-state index contributed by atoms with van der Waals surface area (Å²) in [5, 5.41) is 13.6. The maximum atomic E-state index is 11.8. The second-order valence-corrected chi connectivity index (χ2v) is 7.19. The lowest BCUT2D eigenvalue weighted by Gasteiger charge is -2.12. The van der Waals surface area contributed by atoms with Crippen LogP contribution in [0.4, 0.5) is 4.79 Å². The van der Waals surface area contributed by atoms with Gasteiger partial charge in [0.15, 0.2) is 11.0 Å². The molecule has 9 heteroatoms. The van der Waals surface area contributed by atoms with E-state index < -0.39 is 6.03 Å². The number of benzene rings is 1. The van der Waals surface area contributed by atoms with Crippen LogP contribution in [0.15, 0.2) is 35.5 Å². The first-order chi connectivity index (χ1) is 13.0. The summed E-state index contributed by atoms with van der Waals surface area (Å²) in [5.74, 6) is 1.67. The molecule has 2 N–H and O–H groups in total. The van der Waals surface area contributed by atoms with Gasteiger partial charge in [0.2, 0.25) is 5.91 Å². The summed E-state index contributed by atoms with van der Waals surface area (Å²) < 4.78 is 7.75. The maximum Gasteiger partial charge on any atom is 0.321 e. The van der Waals surface area contributed by atoms with Gasteiger partial charge in [0.05, 0.1) is 5.75 Å². The van der Waals surface area contributed by atoms with Gasteiger partial charge in [-0.15, -0.1) is 10.2 Å². The molecule has 0 radical (unpaired) electrons. The van der Waals surface area contributed by atoms with Gasteiger partial charge in [-0.2, -0.15) is 0 Å². The van der Waals surface area contributed by atoms with Crippen molar-refractivity contribution in [1.29, 1.82) is 0 Å². The molecule has 0 bridgehead atoms. The van der Waals surface area contributed by atoms with Crippen molar-refractivity contribution in [2.75, 3.05) is 12.8 Å². The zero-order valence-corrected chi connectivity index (χ0v) is 16.6. The molecular weight excluding hydrogens is 366 g/mol. The fourth-order valence-electron chi connectivity index (χ4n) is 2.16. The summed E-state index contributed by atoms with van der Waals surface area (Å²) >= 11 is 1.24. The largest absolute Gasteiger partial charge is 0.486 e. The summed E-state index contributed by atoms with van der Waals surface area (Å²) in [7, 11) is 1.46. The first kappa shape index (κ1) is 20.8. The number of nitrogens with zero attached hydrogens (tertiary/aromatic N) is 3. The Bertz CT molecular complexity index is 749. The van der Waals surface area contributed by atoms with E-state index in [1.54, 1.807) is 0 Å². The predicted octanol–water partition coefficient (Wildman–Crippen LogP) is 2.45. The summed E-state index contributed by atoms with van der Waals surface area (Å²) in [6, 6.07) is 8.98. The zero-order valence-electron chi connectivity index (χ0n) is 15.8. The number of aromatic nitrogens is 3. The molecule has 0 aliphatic carbocycles. The minimum absolute atomic E-state index is 0.0762. The number of carbonyl (C=O) groups excluding carboxylic acids is 2. The van der Waals surface area contributed by atoms with E-state index >= 15 is 0 Å². The van der Waals surface area contributed by atoms with E-state index in [0.29, 0.717) is 23.5 Å². The molecule has 0 aliphatic rings. The zero-order chi connectivity index (χ0) is 19.6. The number of thioether (sulfide) groups is 1. The molecule has 1 heterocycles. The summed E-state index contributed by atoms with van der Waals surface area (Å²) in [5.41, 5.74) is 0. The Hall–Kier alpha value is -2.55. The average molecular weight is 391 g/mol. The van der Waals surface area contributed by atoms with Crippen molar-refractivity contribution in [1.82, 2.24) is 25.4 Å². The molecule has 2 aromatic rings. The van der Waals surface area contributed by atoms with E-state index in [9.17, 15) is 9.59 Å². The lowest BCUT2D eigenvalue weighted by Crippen LogP contribution is -2.38. The number of imide groups is 1. The van der Waals surface area contributed by atoms with E-state index in [-0.39, 0.29) is 11.7 Å². The number of carbonyl (C=O) groups is 2. The van der Waals surface area contributed by atoms with Crippen molar-refractivity contribution in [3.8, 4) is 5.75 Å². The molecule has 3 amide bonds. The Morgan fingerprint density at radius 3 is 2.63 bits per heavy atom. The third-order valence-corrected chi connectivity index (χ3v) is 4.61. The van der Waals surface area contributed by atoms with Crippen LogP contribution in [0.5, 0.6) is 5.75 Å². The first-order valence-electron chi connectivity index (χ1n) is 8.74. The van der Waals surface area contributed by atoms with Crippen molar-refractivity contribution < 1.29 is 14.3 Å². The van der Waals surface area contributed by atoms with Crippen LogP contribution < -0.4 is 15.4 Å². The predicted molar refractivity (Wildman–Crippen MR) is 104 cm³/mol. The molecule has 0 atom stereocenters. The number of amides is 3. The topological polar surface area (TPSA) is 98.1 Å². The molecule has 146 valence electrons. The number of ether oxygens (including phenoxy) is 1. The van der Waals surface area contributed by atoms with Gasteiger partial charge < -0.3 is 14.6 Å². The van der Waals surface area contributed by atoms with Crippen molar-refractivity contribution in [2.45, 2.75) is 38.6 Å². The van der Waals surface area contributed by atoms with Gasteiger partial charge in [0.25, 0.3) is 0 Å². The quantitative estimate of drug-likeness (QED) is 0.637. The van der Waals surface area contributed by atoms with Gasteiger partial charge in [0, 0.05) is 13.6 Å². The lowest BCUT2D eigenvalue weighted by atomic mass is 10.1. The van der Waals surface area contributed by atoms with Crippen LogP contribution >= 0.6 is 11.8 Å². The standard InChI is InChI=1S/C18H25N5O3S/c1-13(2)9-10-23-15(11-26-14-7-5-4-6-8-14)21-22-18(23)27-12-16(24)20-17(25)19-3/h4-8,13H,9-12H2,1-3H3,(H2,19,20,24,25). The van der Waals surface area contributed by atoms with Gasteiger partial charge in [-0.1, -0.05) is 43.8 Å².